The molecule has 1 saturated heterocycles. The molecule has 1 aromatic rings. The molecule has 0 bridgehead atoms. The Kier molecular flexibility index (Phi) is 4.27. The minimum Gasteiger partial charge on any atom is -0.375 e. The summed E-state index contributed by atoms with van der Waals surface area (Å²) < 4.78 is 1.56. The van der Waals surface area contributed by atoms with Gasteiger partial charge in [-0.2, -0.15) is 5.10 Å². The van der Waals surface area contributed by atoms with Gasteiger partial charge in [0, 0.05) is 19.1 Å². The molecule has 1 aliphatic heterocycles. The molecule has 5 nitrogen and oxygen atoms in total. The van der Waals surface area contributed by atoms with Gasteiger partial charge in [-0.1, -0.05) is 18.0 Å². The molecule has 0 amide bonds. The molecule has 1 atom stereocenters. The van der Waals surface area contributed by atoms with Gasteiger partial charge in [-0.25, -0.2) is 4.68 Å². The molecular weight excluding hydrogens is 276 g/mol. The van der Waals surface area contributed by atoms with Crippen molar-refractivity contribution in [3.05, 3.63) is 21.6 Å². The van der Waals surface area contributed by atoms with E-state index >= 15 is 0 Å². The van der Waals surface area contributed by atoms with Crippen molar-refractivity contribution in [1.29, 1.82) is 0 Å². The number of anilines is 1. The lowest BCUT2D eigenvalue weighted by Gasteiger charge is -2.27. The Labute approximate surface area is 123 Å². The number of hydrogen-bond acceptors (Lipinski definition) is 4. The van der Waals surface area contributed by atoms with Gasteiger partial charge in [0.2, 0.25) is 0 Å². The second-order valence-corrected chi connectivity index (χ2v) is 6.25. The molecule has 1 saturated carbocycles. The maximum atomic E-state index is 12.5. The fourth-order valence-corrected chi connectivity index (χ4v) is 3.01. The van der Waals surface area contributed by atoms with Crippen LogP contribution >= 0.6 is 11.6 Å². The van der Waals surface area contributed by atoms with Crippen molar-refractivity contribution in [2.24, 2.45) is 5.92 Å². The summed E-state index contributed by atoms with van der Waals surface area (Å²) in [7, 11) is 0. The maximum absolute atomic E-state index is 12.5. The van der Waals surface area contributed by atoms with E-state index in [1.807, 2.05) is 0 Å². The average molecular weight is 297 g/mol. The summed E-state index contributed by atoms with van der Waals surface area (Å²) in [5.74, 6) is 0.602. The van der Waals surface area contributed by atoms with Crippen molar-refractivity contribution >= 4 is 17.3 Å². The van der Waals surface area contributed by atoms with Crippen LogP contribution in [-0.2, 0) is 6.54 Å². The molecule has 2 heterocycles. The lowest BCUT2D eigenvalue weighted by atomic mass is 9.85. The van der Waals surface area contributed by atoms with Crippen LogP contribution in [0.3, 0.4) is 0 Å². The second-order valence-electron chi connectivity index (χ2n) is 5.84. The van der Waals surface area contributed by atoms with Crippen LogP contribution in [0.15, 0.2) is 11.0 Å². The van der Waals surface area contributed by atoms with Gasteiger partial charge in [0.1, 0.15) is 5.69 Å². The lowest BCUT2D eigenvalue weighted by molar-refractivity contribution is 0.262. The minimum absolute atomic E-state index is 0.0880. The number of halogens is 1. The van der Waals surface area contributed by atoms with Crippen molar-refractivity contribution in [3.63, 3.8) is 0 Å². The number of piperidine rings is 1. The first-order valence-electron chi connectivity index (χ1n) is 7.47. The number of hydrogen-bond donors (Lipinski definition) is 2. The number of rotatable bonds is 4. The highest BCUT2D eigenvalue weighted by Gasteiger charge is 2.21. The fraction of sp³-hybridized carbons (Fsp3) is 0.714. The first-order valence-corrected chi connectivity index (χ1v) is 7.84. The second kappa shape index (κ2) is 6.14. The Morgan fingerprint density at radius 2 is 2.25 bits per heavy atom. The fourth-order valence-electron chi connectivity index (χ4n) is 2.83. The van der Waals surface area contributed by atoms with E-state index in [2.05, 4.69) is 15.7 Å². The van der Waals surface area contributed by atoms with Crippen LogP contribution in [0.2, 0.25) is 5.02 Å². The molecule has 6 heteroatoms. The Hall–Kier alpha value is -1.07. The van der Waals surface area contributed by atoms with Gasteiger partial charge >= 0.3 is 0 Å². The molecule has 2 fully saturated rings. The summed E-state index contributed by atoms with van der Waals surface area (Å²) in [6.45, 7) is 2.64. The molecule has 20 heavy (non-hydrogen) atoms. The van der Waals surface area contributed by atoms with Crippen molar-refractivity contribution < 1.29 is 0 Å². The summed E-state index contributed by atoms with van der Waals surface area (Å²) in [4.78, 5) is 12.5. The topological polar surface area (TPSA) is 59.0 Å². The zero-order valence-electron chi connectivity index (χ0n) is 11.6. The zero-order chi connectivity index (χ0) is 13.9. The van der Waals surface area contributed by atoms with Gasteiger partial charge < -0.3 is 10.6 Å². The van der Waals surface area contributed by atoms with Gasteiger partial charge in [-0.05, 0) is 38.1 Å². The van der Waals surface area contributed by atoms with Crippen molar-refractivity contribution in [3.8, 4) is 0 Å². The monoisotopic (exact) mass is 296 g/mol. The highest BCUT2D eigenvalue weighted by Crippen LogP contribution is 2.27. The van der Waals surface area contributed by atoms with E-state index in [1.54, 1.807) is 10.9 Å². The van der Waals surface area contributed by atoms with Crippen LogP contribution in [-0.4, -0.2) is 28.9 Å². The van der Waals surface area contributed by atoms with Crippen LogP contribution in [0.1, 0.15) is 32.1 Å². The predicted molar refractivity (Wildman–Crippen MR) is 80.4 cm³/mol. The average Bonchev–Trinajstić information content (AvgIpc) is 2.42. The summed E-state index contributed by atoms with van der Waals surface area (Å²) >= 11 is 6.15. The summed E-state index contributed by atoms with van der Waals surface area (Å²) in [6, 6.07) is 0.272. The number of nitrogens with zero attached hydrogens (tertiary/aromatic N) is 2. The Morgan fingerprint density at radius 1 is 1.40 bits per heavy atom. The van der Waals surface area contributed by atoms with Crippen LogP contribution in [0.5, 0.6) is 0 Å². The SMILES string of the molecule is O=c1c(NC2CCCNC2)c(Cl)cnn1CC1CCC1. The highest BCUT2D eigenvalue weighted by molar-refractivity contribution is 6.33. The standard InChI is InChI=1S/C14H21ClN4O/c15-12-8-17-19(9-10-3-1-4-10)14(20)13(12)18-11-5-2-6-16-7-11/h8,10-11,16,18H,1-7,9H2. The molecule has 2 N–H and O–H groups in total. The van der Waals surface area contributed by atoms with Crippen molar-refractivity contribution in [1.82, 2.24) is 15.1 Å². The third-order valence-corrected chi connectivity index (χ3v) is 4.59. The van der Waals surface area contributed by atoms with E-state index in [0.717, 1.165) is 25.9 Å². The minimum atomic E-state index is -0.0880. The smallest absolute Gasteiger partial charge is 0.291 e. The van der Waals surface area contributed by atoms with Crippen LogP contribution < -0.4 is 16.2 Å². The molecule has 1 aliphatic carbocycles. The third kappa shape index (κ3) is 2.99. The first kappa shape index (κ1) is 13.9. The molecular formula is C14H21ClN4O. The normalized spacial score (nSPS) is 23.4. The molecule has 2 aliphatic rings. The molecule has 1 unspecified atom stereocenters. The van der Waals surface area contributed by atoms with E-state index in [4.69, 9.17) is 11.6 Å². The Morgan fingerprint density at radius 3 is 2.90 bits per heavy atom. The lowest BCUT2D eigenvalue weighted by Crippen LogP contribution is -2.40. The van der Waals surface area contributed by atoms with Gasteiger partial charge in [-0.15, -0.1) is 0 Å². The van der Waals surface area contributed by atoms with Crippen molar-refractivity contribution in [2.75, 3.05) is 18.4 Å². The van der Waals surface area contributed by atoms with Gasteiger partial charge in [-0.3, -0.25) is 4.79 Å². The molecule has 1 aromatic heterocycles. The van der Waals surface area contributed by atoms with E-state index in [9.17, 15) is 4.79 Å². The quantitative estimate of drug-likeness (QED) is 0.890. The van der Waals surface area contributed by atoms with Gasteiger partial charge in [0.25, 0.3) is 5.56 Å². The van der Waals surface area contributed by atoms with E-state index < -0.39 is 0 Å². The molecule has 0 aromatic carbocycles. The van der Waals surface area contributed by atoms with E-state index in [-0.39, 0.29) is 11.6 Å². The molecule has 110 valence electrons. The molecule has 0 spiro atoms. The number of aromatic nitrogens is 2. The van der Waals surface area contributed by atoms with Crippen LogP contribution in [0, 0.1) is 5.92 Å². The highest BCUT2D eigenvalue weighted by atomic mass is 35.5. The Balaban J connectivity index is 1.77. The van der Waals surface area contributed by atoms with Crippen LogP contribution in [0.4, 0.5) is 5.69 Å². The van der Waals surface area contributed by atoms with E-state index in [0.29, 0.717) is 23.2 Å². The Bertz CT molecular complexity index is 520. The van der Waals surface area contributed by atoms with Gasteiger partial charge in [0.15, 0.2) is 0 Å². The summed E-state index contributed by atoms with van der Waals surface area (Å²) in [6.07, 6.45) is 7.44. The summed E-state index contributed by atoms with van der Waals surface area (Å²) in [5, 5.41) is 11.2. The maximum Gasteiger partial charge on any atom is 0.291 e. The molecule has 3 rings (SSSR count). The zero-order valence-corrected chi connectivity index (χ0v) is 12.3. The van der Waals surface area contributed by atoms with E-state index in [1.165, 1.54) is 19.3 Å². The van der Waals surface area contributed by atoms with Crippen molar-refractivity contribution in [2.45, 2.75) is 44.7 Å². The molecule has 0 radical (unpaired) electrons. The summed E-state index contributed by atoms with van der Waals surface area (Å²) in [5.41, 5.74) is 0.421. The number of nitrogens with one attached hydrogen (secondary N) is 2. The third-order valence-electron chi connectivity index (χ3n) is 4.30. The first-order chi connectivity index (χ1) is 9.74. The largest absolute Gasteiger partial charge is 0.375 e. The predicted octanol–water partition coefficient (Wildman–Crippen LogP) is 1.86. The van der Waals surface area contributed by atoms with Crippen LogP contribution in [0.25, 0.3) is 0 Å². The van der Waals surface area contributed by atoms with Gasteiger partial charge in [0.05, 0.1) is 11.2 Å².